The number of imidazole rings is 2. The molecule has 2 aromatic heterocycles. The van der Waals surface area contributed by atoms with Crippen LogP contribution in [-0.2, 0) is 16.6 Å². The number of rotatable bonds is 4. The van der Waals surface area contributed by atoms with E-state index in [1.165, 1.54) is 18.6 Å². The van der Waals surface area contributed by atoms with Crippen molar-refractivity contribution in [2.45, 2.75) is 25.4 Å². The molecule has 0 aliphatic rings. The Labute approximate surface area is 99.0 Å². The number of sulfonamides is 1. The summed E-state index contributed by atoms with van der Waals surface area (Å²) in [5, 5.41) is -0.00625. The first kappa shape index (κ1) is 11.6. The van der Waals surface area contributed by atoms with Gasteiger partial charge in [-0.2, -0.15) is 8.42 Å². The quantitative estimate of drug-likeness (QED) is 0.842. The molecular formula is C9H13N5O2S. The predicted octanol–water partition coefficient (Wildman–Crippen LogP) is 0.735. The summed E-state index contributed by atoms with van der Waals surface area (Å²) in [4.78, 5) is 10.5. The van der Waals surface area contributed by atoms with Gasteiger partial charge in [-0.15, -0.1) is 0 Å². The number of anilines is 1. The Morgan fingerprint density at radius 1 is 1.53 bits per heavy atom. The summed E-state index contributed by atoms with van der Waals surface area (Å²) < 4.78 is 27.9. The van der Waals surface area contributed by atoms with Gasteiger partial charge in [0.25, 0.3) is 10.0 Å². The van der Waals surface area contributed by atoms with Crippen molar-refractivity contribution in [1.82, 2.24) is 19.5 Å². The molecule has 2 aromatic rings. The van der Waals surface area contributed by atoms with Gasteiger partial charge >= 0.3 is 0 Å². The lowest BCUT2D eigenvalue weighted by molar-refractivity contribution is 0.597. The van der Waals surface area contributed by atoms with E-state index < -0.39 is 10.0 Å². The summed E-state index contributed by atoms with van der Waals surface area (Å²) >= 11 is 0. The third-order valence-electron chi connectivity index (χ3n) is 2.30. The zero-order valence-corrected chi connectivity index (χ0v) is 10.3. The zero-order chi connectivity index (χ0) is 12.5. The molecule has 0 spiro atoms. The maximum absolute atomic E-state index is 11.9. The maximum Gasteiger partial charge on any atom is 0.283 e. The lowest BCUT2D eigenvalue weighted by atomic mass is 10.6. The number of nitrogens with one attached hydrogen (secondary N) is 2. The number of aromatic amines is 1. The summed E-state index contributed by atoms with van der Waals surface area (Å²) in [7, 11) is -3.67. The number of hydrogen-bond acceptors (Lipinski definition) is 4. The van der Waals surface area contributed by atoms with Gasteiger partial charge < -0.3 is 9.55 Å². The number of hydrogen-bond donors (Lipinski definition) is 2. The van der Waals surface area contributed by atoms with Gasteiger partial charge in [0, 0.05) is 25.1 Å². The van der Waals surface area contributed by atoms with Gasteiger partial charge in [-0.05, 0) is 13.8 Å². The molecular weight excluding hydrogens is 242 g/mol. The van der Waals surface area contributed by atoms with Crippen molar-refractivity contribution in [2.24, 2.45) is 0 Å². The van der Waals surface area contributed by atoms with Crippen molar-refractivity contribution < 1.29 is 8.42 Å². The predicted molar refractivity (Wildman–Crippen MR) is 62.0 cm³/mol. The number of aryl methyl sites for hydroxylation is 2. The minimum Gasteiger partial charge on any atom is -0.334 e. The van der Waals surface area contributed by atoms with E-state index in [2.05, 4.69) is 19.7 Å². The third-order valence-corrected chi connectivity index (χ3v) is 3.51. The van der Waals surface area contributed by atoms with Crippen LogP contribution < -0.4 is 4.72 Å². The molecule has 0 fully saturated rings. The van der Waals surface area contributed by atoms with Crippen molar-refractivity contribution in [1.29, 1.82) is 0 Å². The molecule has 0 bridgehead atoms. The van der Waals surface area contributed by atoms with Gasteiger partial charge in [-0.1, -0.05) is 0 Å². The second kappa shape index (κ2) is 4.21. The molecule has 0 saturated heterocycles. The van der Waals surface area contributed by atoms with E-state index in [1.807, 2.05) is 6.92 Å². The van der Waals surface area contributed by atoms with Gasteiger partial charge in [0.15, 0.2) is 5.03 Å². The Morgan fingerprint density at radius 3 is 2.82 bits per heavy atom. The standard InChI is InChI=1S/C9H13N5O2S/c1-3-14-6-8(12-7(14)2)17(15,16)13-9-10-4-5-11-9/h4-6H,3H2,1-2H3,(H2,10,11,13). The highest BCUT2D eigenvalue weighted by molar-refractivity contribution is 7.92. The molecule has 0 saturated carbocycles. The molecule has 2 rings (SSSR count). The van der Waals surface area contributed by atoms with E-state index in [9.17, 15) is 8.42 Å². The Morgan fingerprint density at radius 2 is 2.29 bits per heavy atom. The monoisotopic (exact) mass is 255 g/mol. The fourth-order valence-electron chi connectivity index (χ4n) is 1.43. The molecule has 2 N–H and O–H groups in total. The average Bonchev–Trinajstić information content (AvgIpc) is 2.87. The Hall–Kier alpha value is -1.83. The smallest absolute Gasteiger partial charge is 0.283 e. The van der Waals surface area contributed by atoms with Crippen LogP contribution in [0.2, 0.25) is 0 Å². The molecule has 17 heavy (non-hydrogen) atoms. The molecule has 0 unspecified atom stereocenters. The van der Waals surface area contributed by atoms with Crippen molar-refractivity contribution >= 4 is 16.0 Å². The van der Waals surface area contributed by atoms with E-state index in [-0.39, 0.29) is 11.0 Å². The fraction of sp³-hybridized carbons (Fsp3) is 0.333. The topological polar surface area (TPSA) is 92.7 Å². The van der Waals surface area contributed by atoms with Crippen molar-refractivity contribution in [3.8, 4) is 0 Å². The molecule has 0 amide bonds. The van der Waals surface area contributed by atoms with Gasteiger partial charge in [-0.25, -0.2) is 14.7 Å². The van der Waals surface area contributed by atoms with Gasteiger partial charge in [-0.3, -0.25) is 0 Å². The summed E-state index contributed by atoms with van der Waals surface area (Å²) in [5.41, 5.74) is 0. The minimum atomic E-state index is -3.67. The first-order valence-electron chi connectivity index (χ1n) is 5.09. The van der Waals surface area contributed by atoms with Gasteiger partial charge in [0.2, 0.25) is 5.95 Å². The SMILES string of the molecule is CCn1cc(S(=O)(=O)Nc2ncc[nH]2)nc1C. The Kier molecular flexibility index (Phi) is 2.88. The molecule has 92 valence electrons. The van der Waals surface area contributed by atoms with Crippen LogP contribution >= 0.6 is 0 Å². The summed E-state index contributed by atoms with van der Waals surface area (Å²) in [6, 6.07) is 0. The van der Waals surface area contributed by atoms with E-state index in [1.54, 1.807) is 11.5 Å². The molecule has 8 heteroatoms. The Balaban J connectivity index is 2.31. The van der Waals surface area contributed by atoms with Gasteiger partial charge in [0.05, 0.1) is 0 Å². The van der Waals surface area contributed by atoms with Crippen LogP contribution in [0.25, 0.3) is 0 Å². The number of nitrogens with zero attached hydrogens (tertiary/aromatic N) is 3. The second-order valence-corrected chi connectivity index (χ2v) is 5.08. The van der Waals surface area contributed by atoms with Crippen LogP contribution in [0.3, 0.4) is 0 Å². The van der Waals surface area contributed by atoms with E-state index in [0.717, 1.165) is 0 Å². The molecule has 0 aromatic carbocycles. The van der Waals surface area contributed by atoms with E-state index in [0.29, 0.717) is 12.4 Å². The summed E-state index contributed by atoms with van der Waals surface area (Å²) in [6.07, 6.45) is 4.50. The lowest BCUT2D eigenvalue weighted by Gasteiger charge is -2.01. The molecule has 2 heterocycles. The largest absolute Gasteiger partial charge is 0.334 e. The van der Waals surface area contributed by atoms with Crippen molar-refractivity contribution in [2.75, 3.05) is 4.72 Å². The summed E-state index contributed by atoms with van der Waals surface area (Å²) in [6.45, 7) is 4.36. The normalized spacial score (nSPS) is 11.6. The first-order chi connectivity index (χ1) is 8.03. The van der Waals surface area contributed by atoms with Crippen LogP contribution in [0.15, 0.2) is 23.6 Å². The van der Waals surface area contributed by atoms with Crippen molar-refractivity contribution in [3.05, 3.63) is 24.4 Å². The van der Waals surface area contributed by atoms with E-state index in [4.69, 9.17) is 0 Å². The molecule has 0 aliphatic carbocycles. The van der Waals surface area contributed by atoms with Crippen LogP contribution in [0, 0.1) is 6.92 Å². The maximum atomic E-state index is 11.9. The van der Waals surface area contributed by atoms with Gasteiger partial charge in [0.1, 0.15) is 5.82 Å². The molecule has 7 nitrogen and oxygen atoms in total. The van der Waals surface area contributed by atoms with Crippen LogP contribution in [0.1, 0.15) is 12.7 Å². The first-order valence-corrected chi connectivity index (χ1v) is 6.57. The zero-order valence-electron chi connectivity index (χ0n) is 9.51. The fourth-order valence-corrected chi connectivity index (χ4v) is 2.42. The third kappa shape index (κ3) is 2.31. The summed E-state index contributed by atoms with van der Waals surface area (Å²) in [5.74, 6) is 0.834. The minimum absolute atomic E-state index is 0.00625. The lowest BCUT2D eigenvalue weighted by Crippen LogP contribution is -2.14. The highest BCUT2D eigenvalue weighted by Crippen LogP contribution is 2.12. The van der Waals surface area contributed by atoms with Crippen LogP contribution in [0.4, 0.5) is 5.95 Å². The second-order valence-electron chi connectivity index (χ2n) is 3.46. The molecule has 0 aliphatic heterocycles. The number of aromatic nitrogens is 4. The van der Waals surface area contributed by atoms with E-state index >= 15 is 0 Å². The highest BCUT2D eigenvalue weighted by Gasteiger charge is 2.19. The van der Waals surface area contributed by atoms with Crippen LogP contribution in [-0.4, -0.2) is 27.9 Å². The molecule has 0 radical (unpaired) electrons. The van der Waals surface area contributed by atoms with Crippen LogP contribution in [0.5, 0.6) is 0 Å². The van der Waals surface area contributed by atoms with Crippen molar-refractivity contribution in [3.63, 3.8) is 0 Å². The highest BCUT2D eigenvalue weighted by atomic mass is 32.2. The number of H-pyrrole nitrogens is 1. The average molecular weight is 255 g/mol. The molecule has 0 atom stereocenters. The Bertz CT molecular complexity index is 599.